The molecule has 2 aliphatic rings. The van der Waals surface area contributed by atoms with E-state index in [9.17, 15) is 22.8 Å². The fourth-order valence-electron chi connectivity index (χ4n) is 3.84. The molecule has 1 fully saturated rings. The van der Waals surface area contributed by atoms with Gasteiger partial charge in [0.05, 0.1) is 18.0 Å². The molecule has 0 aromatic heterocycles. The Morgan fingerprint density at radius 2 is 1.81 bits per heavy atom. The third-order valence-corrected chi connectivity index (χ3v) is 6.68. The van der Waals surface area contributed by atoms with Gasteiger partial charge in [-0.3, -0.25) is 19.2 Å². The molecule has 0 unspecified atom stereocenters. The van der Waals surface area contributed by atoms with Crippen molar-refractivity contribution in [3.8, 4) is 0 Å². The Labute approximate surface area is 177 Å². The van der Waals surface area contributed by atoms with Crippen LogP contribution < -0.4 is 15.4 Å². The highest BCUT2D eigenvalue weighted by molar-refractivity contribution is 7.93. The van der Waals surface area contributed by atoms with E-state index in [0.29, 0.717) is 33.3 Å². The van der Waals surface area contributed by atoms with Gasteiger partial charge < -0.3 is 10.6 Å². The van der Waals surface area contributed by atoms with Crippen molar-refractivity contribution in [1.82, 2.24) is 10.2 Å². The molecule has 2 heterocycles. The van der Waals surface area contributed by atoms with Crippen LogP contribution in [0.15, 0.2) is 59.5 Å². The van der Waals surface area contributed by atoms with Gasteiger partial charge in [-0.25, -0.2) is 13.2 Å². The lowest BCUT2D eigenvalue weighted by atomic mass is 10.1. The summed E-state index contributed by atoms with van der Waals surface area (Å²) in [5.74, 6) is -0.608. The van der Waals surface area contributed by atoms with Crippen molar-refractivity contribution < 1.29 is 22.8 Å². The number of carbonyl (C=O) groups is 3. The Morgan fingerprint density at radius 3 is 2.58 bits per heavy atom. The highest BCUT2D eigenvalue weighted by atomic mass is 32.2. The van der Waals surface area contributed by atoms with Crippen LogP contribution in [0.3, 0.4) is 0 Å². The van der Waals surface area contributed by atoms with E-state index >= 15 is 0 Å². The Morgan fingerprint density at radius 1 is 1.00 bits per heavy atom. The quantitative estimate of drug-likeness (QED) is 0.529. The van der Waals surface area contributed by atoms with E-state index in [1.165, 1.54) is 6.07 Å². The number of amides is 4. The van der Waals surface area contributed by atoms with Gasteiger partial charge in [-0.15, -0.1) is 0 Å². The van der Waals surface area contributed by atoms with E-state index in [-0.39, 0.29) is 29.8 Å². The minimum atomic E-state index is -3.98. The third-order valence-electron chi connectivity index (χ3n) is 5.24. The molecule has 1 saturated heterocycles. The largest absolute Gasteiger partial charge is 0.329 e. The van der Waals surface area contributed by atoms with Gasteiger partial charge in [0.2, 0.25) is 5.91 Å². The molecule has 5 rings (SSSR count). The molecule has 0 atom stereocenters. The number of nitrogens with zero attached hydrogens (tertiary/aromatic N) is 1. The molecule has 10 heteroatoms. The zero-order valence-corrected chi connectivity index (χ0v) is 16.8. The maximum absolute atomic E-state index is 13.2. The number of imide groups is 1. The van der Waals surface area contributed by atoms with Gasteiger partial charge in [0.25, 0.3) is 15.9 Å². The summed E-state index contributed by atoms with van der Waals surface area (Å²) in [6.07, 6.45) is 0. The molecule has 2 aliphatic heterocycles. The number of hydrogen-bond donors (Lipinski definition) is 3. The van der Waals surface area contributed by atoms with Gasteiger partial charge in [0.15, 0.2) is 0 Å². The zero-order chi connectivity index (χ0) is 21.8. The van der Waals surface area contributed by atoms with E-state index < -0.39 is 16.1 Å². The molecule has 31 heavy (non-hydrogen) atoms. The van der Waals surface area contributed by atoms with Crippen molar-refractivity contribution in [2.75, 3.05) is 16.6 Å². The summed E-state index contributed by atoms with van der Waals surface area (Å²) >= 11 is 0. The first kappa shape index (κ1) is 19.1. The zero-order valence-electron chi connectivity index (χ0n) is 16.0. The van der Waals surface area contributed by atoms with Crippen LogP contribution in [0.1, 0.15) is 15.9 Å². The summed E-state index contributed by atoms with van der Waals surface area (Å²) in [5, 5.41) is 6.19. The number of sulfonamides is 1. The first-order valence-corrected chi connectivity index (χ1v) is 10.9. The van der Waals surface area contributed by atoms with E-state index in [1.54, 1.807) is 48.5 Å². The maximum Gasteiger partial charge on any atom is 0.324 e. The van der Waals surface area contributed by atoms with Gasteiger partial charge >= 0.3 is 6.03 Å². The van der Waals surface area contributed by atoms with Crippen molar-refractivity contribution in [2.45, 2.75) is 11.4 Å². The highest BCUT2D eigenvalue weighted by Gasteiger charge is 2.29. The van der Waals surface area contributed by atoms with E-state index in [2.05, 4.69) is 15.4 Å². The Balaban J connectivity index is 1.47. The Kier molecular flexibility index (Phi) is 4.19. The van der Waals surface area contributed by atoms with Crippen LogP contribution in [0.5, 0.6) is 0 Å². The second-order valence-corrected chi connectivity index (χ2v) is 8.89. The van der Waals surface area contributed by atoms with Crippen molar-refractivity contribution in [3.05, 3.63) is 65.7 Å². The predicted molar refractivity (Wildman–Crippen MR) is 113 cm³/mol. The number of hydrogen-bond acceptors (Lipinski definition) is 5. The van der Waals surface area contributed by atoms with Gasteiger partial charge in [0.1, 0.15) is 0 Å². The summed E-state index contributed by atoms with van der Waals surface area (Å²) in [4.78, 5) is 36.8. The van der Waals surface area contributed by atoms with Crippen molar-refractivity contribution in [1.29, 1.82) is 0 Å². The lowest BCUT2D eigenvalue weighted by molar-refractivity contribution is -0.125. The van der Waals surface area contributed by atoms with Crippen LogP contribution in [0.25, 0.3) is 10.8 Å². The number of carbonyl (C=O) groups excluding carboxylic acids is 3. The molecule has 3 aromatic carbocycles. The topological polar surface area (TPSA) is 125 Å². The Hall–Kier alpha value is -3.92. The number of nitrogens with one attached hydrogen (secondary N) is 3. The first-order valence-electron chi connectivity index (χ1n) is 9.40. The fourth-order valence-corrected chi connectivity index (χ4v) is 5.09. The molecule has 0 spiro atoms. The summed E-state index contributed by atoms with van der Waals surface area (Å²) in [6, 6.07) is 14.0. The lowest BCUT2D eigenvalue weighted by Crippen LogP contribution is -2.30. The summed E-state index contributed by atoms with van der Waals surface area (Å²) in [6.45, 7) is -0.0113. The van der Waals surface area contributed by atoms with Gasteiger partial charge in [-0.1, -0.05) is 24.3 Å². The molecular formula is C21H16N4O5S. The van der Waals surface area contributed by atoms with Crippen LogP contribution in [0.4, 0.5) is 16.2 Å². The monoisotopic (exact) mass is 436 g/mol. The van der Waals surface area contributed by atoms with Crippen LogP contribution in [0.2, 0.25) is 0 Å². The average Bonchev–Trinajstić information content (AvgIpc) is 3.23. The lowest BCUT2D eigenvalue weighted by Gasteiger charge is -2.14. The van der Waals surface area contributed by atoms with Crippen LogP contribution in [0, 0.1) is 0 Å². The first-order chi connectivity index (χ1) is 14.8. The van der Waals surface area contributed by atoms with Gasteiger partial charge in [0, 0.05) is 27.7 Å². The molecule has 156 valence electrons. The average molecular weight is 436 g/mol. The summed E-state index contributed by atoms with van der Waals surface area (Å²) < 4.78 is 28.9. The second kappa shape index (κ2) is 6.81. The van der Waals surface area contributed by atoms with Crippen LogP contribution in [-0.4, -0.2) is 37.7 Å². The number of anilines is 2. The fraction of sp³-hybridized carbons (Fsp3) is 0.0952. The Bertz CT molecular complexity index is 1380. The summed E-state index contributed by atoms with van der Waals surface area (Å²) in [5.41, 5.74) is 1.90. The van der Waals surface area contributed by atoms with E-state index in [4.69, 9.17) is 0 Å². The predicted octanol–water partition coefficient (Wildman–Crippen LogP) is 2.26. The molecule has 0 saturated carbocycles. The number of rotatable bonds is 5. The maximum atomic E-state index is 13.2. The van der Waals surface area contributed by atoms with E-state index in [0.717, 1.165) is 4.90 Å². The van der Waals surface area contributed by atoms with E-state index in [1.807, 2.05) is 0 Å². The smallest absolute Gasteiger partial charge is 0.324 e. The van der Waals surface area contributed by atoms with Gasteiger partial charge in [-0.05, 0) is 35.9 Å². The van der Waals surface area contributed by atoms with Crippen molar-refractivity contribution in [3.63, 3.8) is 0 Å². The molecule has 9 nitrogen and oxygen atoms in total. The molecule has 0 aliphatic carbocycles. The molecule has 0 radical (unpaired) electrons. The van der Waals surface area contributed by atoms with Crippen molar-refractivity contribution in [2.24, 2.45) is 0 Å². The van der Waals surface area contributed by atoms with Crippen LogP contribution in [-0.2, 0) is 21.4 Å². The molecule has 3 aromatic rings. The normalized spacial score (nSPS) is 15.4. The minimum absolute atomic E-state index is 0.0367. The standard InChI is InChI=1S/C21H16N4O5S/c26-18-10-22-21(28)25(18)11-12-3-1-4-13(9-12)24-31(29,30)17-8-7-16-19-14(17)5-2-6-15(19)20(27)23-16/h1-9,24H,10-11H2,(H,22,28)(H,23,27). The molecule has 3 N–H and O–H groups in total. The second-order valence-electron chi connectivity index (χ2n) is 7.24. The third kappa shape index (κ3) is 3.17. The minimum Gasteiger partial charge on any atom is -0.329 e. The molecule has 0 bridgehead atoms. The highest BCUT2D eigenvalue weighted by Crippen LogP contribution is 2.37. The number of benzene rings is 3. The van der Waals surface area contributed by atoms with Crippen molar-refractivity contribution >= 4 is 50.0 Å². The summed E-state index contributed by atoms with van der Waals surface area (Å²) in [7, 11) is -3.98. The molecule has 4 amide bonds. The van der Waals surface area contributed by atoms with Crippen LogP contribution >= 0.6 is 0 Å². The molecular weight excluding hydrogens is 420 g/mol. The SMILES string of the molecule is O=C1Nc2ccc(S(=O)(=O)Nc3cccc(CN4C(=O)CNC4=O)c3)c3cccc1c23. The number of urea groups is 1. The van der Waals surface area contributed by atoms with Gasteiger partial charge in [-0.2, -0.15) is 0 Å².